The average Bonchev–Trinajstić information content (AvgIpc) is 2.55. The maximum atomic E-state index is 7.91. The van der Waals surface area contributed by atoms with E-state index in [0.29, 0.717) is 0 Å². The number of aromatic nitrogens is 1. The molecule has 0 aliphatic heterocycles. The third-order valence-electron chi connectivity index (χ3n) is 1.11. The molecule has 1 aromatic rings. The van der Waals surface area contributed by atoms with E-state index in [2.05, 4.69) is 4.98 Å². The lowest BCUT2D eigenvalue weighted by Gasteiger charge is -1.96. The molecule has 0 aromatic carbocycles. The second-order valence-corrected chi connectivity index (χ2v) is 1.86. The van der Waals surface area contributed by atoms with E-state index in [1.807, 2.05) is 0 Å². The van der Waals surface area contributed by atoms with E-state index in [0.717, 1.165) is 0 Å². The van der Waals surface area contributed by atoms with Crippen molar-refractivity contribution in [2.45, 2.75) is 18.6 Å². The number of nitrogens with two attached hydrogens (primary N) is 1. The number of nitrogen functional groups attached to an aromatic ring is 1. The summed E-state index contributed by atoms with van der Waals surface area (Å²) in [7, 11) is 0. The van der Waals surface area contributed by atoms with Gasteiger partial charge in [-0.2, -0.15) is 0 Å². The van der Waals surface area contributed by atoms with E-state index in [1.54, 1.807) is 0 Å². The molecule has 0 radical (unpaired) electrons. The summed E-state index contributed by atoms with van der Waals surface area (Å²) in [5.41, 5.74) is 4.84. The van der Waals surface area contributed by atoms with Crippen LogP contribution in [0.1, 0.15) is 35.2 Å². The Morgan fingerprint density at radius 3 is 3.40 bits per heavy atom. The largest absolute Gasteiger partial charge is 0.384 e. The van der Waals surface area contributed by atoms with Gasteiger partial charge in [-0.3, -0.25) is 0 Å². The van der Waals surface area contributed by atoms with Gasteiger partial charge in [0, 0.05) is 13.0 Å². The van der Waals surface area contributed by atoms with Crippen LogP contribution in [0.15, 0.2) is 18.3 Å². The van der Waals surface area contributed by atoms with E-state index in [-0.39, 0.29) is 0 Å². The molecule has 0 atom stereocenters. The Morgan fingerprint density at radius 2 is 2.70 bits per heavy atom. The molecule has 0 saturated heterocycles. The quantitative estimate of drug-likeness (QED) is 0.646. The van der Waals surface area contributed by atoms with Crippen molar-refractivity contribution in [2.75, 3.05) is 5.73 Å². The normalized spacial score (nSPS) is 42.0. The first-order chi connectivity index (χ1) is 8.00. The van der Waals surface area contributed by atoms with Crippen LogP contribution in [-0.4, -0.2) is 4.98 Å². The van der Waals surface area contributed by atoms with Crippen molar-refractivity contribution in [3.63, 3.8) is 0 Å². The lowest BCUT2D eigenvalue weighted by Crippen LogP contribution is -1.90. The highest BCUT2D eigenvalue weighted by Crippen LogP contribution is 2.39. The maximum Gasteiger partial charge on any atom is 0.123 e. The minimum atomic E-state index is -2.54. The standard InChI is InChI=1S/C8H10N2/c9-8-5-7(3-4-10-8)6-1-2-6/h3-6H,1-2H2,(H2,9,10)/i1D2,2D2,3D,4D,5D,6D. The molecule has 2 N–H and O–H groups in total. The summed E-state index contributed by atoms with van der Waals surface area (Å²) in [5, 5.41) is 0. The van der Waals surface area contributed by atoms with Crippen molar-refractivity contribution in [1.82, 2.24) is 4.98 Å². The van der Waals surface area contributed by atoms with Crippen LogP contribution in [-0.2, 0) is 0 Å². The molecule has 0 bridgehead atoms. The van der Waals surface area contributed by atoms with E-state index in [1.165, 1.54) is 0 Å². The summed E-state index contributed by atoms with van der Waals surface area (Å²) in [6.45, 7) is 0. The van der Waals surface area contributed by atoms with Crippen LogP contribution in [0.25, 0.3) is 0 Å². The lowest BCUT2D eigenvalue weighted by atomic mass is 10.2. The van der Waals surface area contributed by atoms with Gasteiger partial charge in [-0.1, -0.05) is 0 Å². The van der Waals surface area contributed by atoms with Gasteiger partial charge in [0.05, 0.1) is 4.11 Å². The minimum absolute atomic E-state index is 0.406. The third-order valence-corrected chi connectivity index (χ3v) is 1.11. The van der Waals surface area contributed by atoms with Gasteiger partial charge in [0.2, 0.25) is 0 Å². The highest BCUT2D eigenvalue weighted by atomic mass is 14.8. The molecular formula is C8H10N2. The minimum Gasteiger partial charge on any atom is -0.384 e. The van der Waals surface area contributed by atoms with E-state index < -0.39 is 48.3 Å². The molecule has 10 heavy (non-hydrogen) atoms. The molecule has 1 heterocycles. The zero-order chi connectivity index (χ0) is 14.1. The summed E-state index contributed by atoms with van der Waals surface area (Å²) in [6, 6.07) is -1.19. The molecule has 2 nitrogen and oxygen atoms in total. The Kier molecular flexibility index (Phi) is 0.346. The topological polar surface area (TPSA) is 38.9 Å². The molecule has 0 unspecified atom stereocenters. The van der Waals surface area contributed by atoms with Crippen molar-refractivity contribution in [3.05, 3.63) is 23.8 Å². The first-order valence-corrected chi connectivity index (χ1v) is 2.74. The number of hydrogen-bond donors (Lipinski definition) is 1. The second-order valence-electron chi connectivity index (χ2n) is 1.86. The SMILES string of the molecule is [2H]c1nc(N)c([2H])c(C2([2H])C([2H])([2H])C2([2H])[2H])c1[2H]. The van der Waals surface area contributed by atoms with E-state index in [4.69, 9.17) is 16.7 Å². The van der Waals surface area contributed by atoms with E-state index >= 15 is 0 Å². The lowest BCUT2D eigenvalue weighted by molar-refractivity contribution is 1.11. The van der Waals surface area contributed by atoms with Crippen molar-refractivity contribution >= 4 is 5.82 Å². The molecule has 52 valence electrons. The molecular weight excluding hydrogens is 124 g/mol. The molecule has 2 rings (SSSR count). The summed E-state index contributed by atoms with van der Waals surface area (Å²) in [6.07, 6.45) is -5.67. The van der Waals surface area contributed by atoms with Gasteiger partial charge in [0.25, 0.3) is 0 Å². The Labute approximate surface area is 71.3 Å². The Bertz CT molecular complexity index is 500. The van der Waals surface area contributed by atoms with Crippen LogP contribution in [0.4, 0.5) is 5.82 Å². The fraction of sp³-hybridized carbons (Fsp3) is 0.375. The van der Waals surface area contributed by atoms with Gasteiger partial charge < -0.3 is 5.73 Å². The number of pyridine rings is 1. The maximum absolute atomic E-state index is 7.91. The van der Waals surface area contributed by atoms with Crippen LogP contribution in [0.5, 0.6) is 0 Å². The van der Waals surface area contributed by atoms with E-state index in [9.17, 15) is 0 Å². The van der Waals surface area contributed by atoms with Crippen LogP contribution >= 0.6 is 0 Å². The Hall–Kier alpha value is -1.05. The predicted octanol–water partition coefficient (Wildman–Crippen LogP) is 1.54. The average molecular weight is 142 g/mol. The highest BCUT2D eigenvalue weighted by molar-refractivity contribution is 5.35. The molecule has 0 spiro atoms. The second kappa shape index (κ2) is 1.97. The van der Waals surface area contributed by atoms with Gasteiger partial charge in [0.1, 0.15) is 5.82 Å². The first-order valence-electron chi connectivity index (χ1n) is 6.74. The molecule has 1 aromatic heterocycles. The molecule has 1 aliphatic rings. The summed E-state index contributed by atoms with van der Waals surface area (Å²) >= 11 is 0. The van der Waals surface area contributed by atoms with Gasteiger partial charge in [0.15, 0.2) is 0 Å². The zero-order valence-electron chi connectivity index (χ0n) is 13.0. The predicted molar refractivity (Wildman–Crippen MR) is 40.6 cm³/mol. The summed E-state index contributed by atoms with van der Waals surface area (Å²) in [4.78, 5) is 3.41. The van der Waals surface area contributed by atoms with Crippen LogP contribution in [0.2, 0.25) is 0 Å². The highest BCUT2D eigenvalue weighted by Gasteiger charge is 2.23. The fourth-order valence-corrected chi connectivity index (χ4v) is 0.613. The first kappa shape index (κ1) is 1.76. The van der Waals surface area contributed by atoms with Crippen molar-refractivity contribution in [2.24, 2.45) is 0 Å². The summed E-state index contributed by atoms with van der Waals surface area (Å²) in [5.74, 6) is -2.81. The third kappa shape index (κ3) is 0.967. The van der Waals surface area contributed by atoms with Crippen LogP contribution in [0.3, 0.4) is 0 Å². The van der Waals surface area contributed by atoms with Crippen molar-refractivity contribution in [1.29, 1.82) is 0 Å². The fourth-order valence-electron chi connectivity index (χ4n) is 0.613. The van der Waals surface area contributed by atoms with Gasteiger partial charge in [-0.25, -0.2) is 4.98 Å². The van der Waals surface area contributed by atoms with Gasteiger partial charge >= 0.3 is 0 Å². The Balaban J connectivity index is 2.76. The van der Waals surface area contributed by atoms with Crippen LogP contribution in [0, 0.1) is 0 Å². The number of nitrogens with zero attached hydrogens (tertiary/aromatic N) is 1. The van der Waals surface area contributed by atoms with Crippen molar-refractivity contribution < 1.29 is 11.0 Å². The van der Waals surface area contributed by atoms with Gasteiger partial charge in [-0.05, 0) is 36.3 Å². The van der Waals surface area contributed by atoms with Crippen molar-refractivity contribution in [3.8, 4) is 0 Å². The van der Waals surface area contributed by atoms with Gasteiger partial charge in [-0.15, -0.1) is 0 Å². The Morgan fingerprint density at radius 1 is 1.90 bits per heavy atom. The molecule has 1 saturated carbocycles. The van der Waals surface area contributed by atoms with Crippen LogP contribution < -0.4 is 5.73 Å². The summed E-state index contributed by atoms with van der Waals surface area (Å²) < 4.78 is 60.5. The monoisotopic (exact) mass is 142 g/mol. The number of anilines is 1. The molecule has 1 aliphatic carbocycles. The molecule has 0 amide bonds. The molecule has 2 heteroatoms. The number of rotatable bonds is 1. The number of hydrogen-bond acceptors (Lipinski definition) is 2. The zero-order valence-corrected chi connectivity index (χ0v) is 5.02. The smallest absolute Gasteiger partial charge is 0.123 e. The molecule has 1 fully saturated rings.